The topological polar surface area (TPSA) is 58.6 Å². The zero-order valence-electron chi connectivity index (χ0n) is 16.8. The van der Waals surface area contributed by atoms with Crippen molar-refractivity contribution in [3.8, 4) is 5.75 Å². The van der Waals surface area contributed by atoms with Crippen molar-refractivity contribution in [1.29, 1.82) is 0 Å². The molecule has 0 saturated carbocycles. The van der Waals surface area contributed by atoms with Gasteiger partial charge in [0, 0.05) is 24.2 Å². The SMILES string of the molecule is Cc1cc(Cl)ccc1OCCCC(=O)N(C)CC(=O)Nc1cccc(C)c1C. The van der Waals surface area contributed by atoms with E-state index in [1.54, 1.807) is 13.1 Å². The van der Waals surface area contributed by atoms with Crippen LogP contribution in [-0.4, -0.2) is 36.9 Å². The number of benzene rings is 2. The van der Waals surface area contributed by atoms with Crippen molar-refractivity contribution in [2.75, 3.05) is 25.5 Å². The monoisotopic (exact) mass is 402 g/mol. The number of halogens is 1. The van der Waals surface area contributed by atoms with E-state index >= 15 is 0 Å². The van der Waals surface area contributed by atoms with Crippen LogP contribution >= 0.6 is 11.6 Å². The largest absolute Gasteiger partial charge is 0.493 e. The number of amides is 2. The fourth-order valence-electron chi connectivity index (χ4n) is 2.75. The predicted octanol–water partition coefficient (Wildman–Crippen LogP) is 4.52. The van der Waals surface area contributed by atoms with Crippen LogP contribution in [0.3, 0.4) is 0 Å². The minimum Gasteiger partial charge on any atom is -0.493 e. The molecular formula is C22H27ClN2O3. The number of nitrogens with zero attached hydrogens (tertiary/aromatic N) is 1. The summed E-state index contributed by atoms with van der Waals surface area (Å²) in [7, 11) is 1.63. The highest BCUT2D eigenvalue weighted by Crippen LogP contribution is 2.22. The number of aryl methyl sites for hydroxylation is 2. The van der Waals surface area contributed by atoms with Gasteiger partial charge in [0.15, 0.2) is 0 Å². The number of hydrogen-bond donors (Lipinski definition) is 1. The number of likely N-dealkylation sites (N-methyl/N-ethyl adjacent to an activating group) is 1. The number of nitrogens with one attached hydrogen (secondary N) is 1. The molecule has 1 N–H and O–H groups in total. The Balaban J connectivity index is 1.74. The fourth-order valence-corrected chi connectivity index (χ4v) is 2.98. The Morgan fingerprint density at radius 2 is 1.86 bits per heavy atom. The zero-order valence-corrected chi connectivity index (χ0v) is 17.6. The Bertz CT molecular complexity index is 852. The van der Waals surface area contributed by atoms with Crippen LogP contribution in [0.5, 0.6) is 5.75 Å². The third-order valence-corrected chi connectivity index (χ3v) is 4.85. The highest BCUT2D eigenvalue weighted by Gasteiger charge is 2.14. The van der Waals surface area contributed by atoms with E-state index in [1.807, 2.05) is 51.1 Å². The van der Waals surface area contributed by atoms with Gasteiger partial charge in [0.25, 0.3) is 0 Å². The summed E-state index contributed by atoms with van der Waals surface area (Å²) in [6.45, 7) is 6.32. The Morgan fingerprint density at radius 1 is 1.11 bits per heavy atom. The molecule has 0 saturated heterocycles. The first-order valence-electron chi connectivity index (χ1n) is 9.27. The number of carbonyl (C=O) groups is 2. The number of ether oxygens (including phenoxy) is 1. The van der Waals surface area contributed by atoms with Gasteiger partial charge in [-0.25, -0.2) is 0 Å². The maximum atomic E-state index is 12.2. The molecule has 5 nitrogen and oxygen atoms in total. The molecule has 0 bridgehead atoms. The van der Waals surface area contributed by atoms with Gasteiger partial charge >= 0.3 is 0 Å². The first-order valence-corrected chi connectivity index (χ1v) is 9.64. The van der Waals surface area contributed by atoms with E-state index in [0.717, 1.165) is 28.1 Å². The van der Waals surface area contributed by atoms with Gasteiger partial charge < -0.3 is 15.0 Å². The summed E-state index contributed by atoms with van der Waals surface area (Å²) in [5, 5.41) is 3.54. The molecule has 0 fully saturated rings. The maximum absolute atomic E-state index is 12.2. The molecule has 150 valence electrons. The fraction of sp³-hybridized carbons (Fsp3) is 0.364. The Morgan fingerprint density at radius 3 is 2.57 bits per heavy atom. The highest BCUT2D eigenvalue weighted by molar-refractivity contribution is 6.30. The Kier molecular flexibility index (Phi) is 7.88. The molecule has 0 heterocycles. The van der Waals surface area contributed by atoms with Crippen LogP contribution in [0.4, 0.5) is 5.69 Å². The van der Waals surface area contributed by atoms with Gasteiger partial charge in [-0.05, 0) is 68.1 Å². The van der Waals surface area contributed by atoms with Gasteiger partial charge in [0.05, 0.1) is 13.2 Å². The van der Waals surface area contributed by atoms with E-state index in [-0.39, 0.29) is 18.4 Å². The van der Waals surface area contributed by atoms with Gasteiger partial charge in [-0.3, -0.25) is 9.59 Å². The summed E-state index contributed by atoms with van der Waals surface area (Å²) in [5.74, 6) is 0.461. The molecule has 0 radical (unpaired) electrons. The molecule has 0 spiro atoms. The van der Waals surface area contributed by atoms with Crippen LogP contribution in [-0.2, 0) is 9.59 Å². The molecule has 0 aliphatic rings. The lowest BCUT2D eigenvalue weighted by atomic mass is 10.1. The number of anilines is 1. The first-order chi connectivity index (χ1) is 13.3. The number of rotatable bonds is 8. The van der Waals surface area contributed by atoms with Crippen LogP contribution in [0.2, 0.25) is 5.02 Å². The number of carbonyl (C=O) groups excluding carboxylic acids is 2. The van der Waals surface area contributed by atoms with Crippen LogP contribution in [0.25, 0.3) is 0 Å². The molecule has 2 aromatic rings. The third-order valence-electron chi connectivity index (χ3n) is 4.61. The molecule has 0 unspecified atom stereocenters. The van der Waals surface area contributed by atoms with Crippen LogP contribution in [0, 0.1) is 20.8 Å². The molecule has 2 rings (SSSR count). The highest BCUT2D eigenvalue weighted by atomic mass is 35.5. The van der Waals surface area contributed by atoms with Gasteiger partial charge in [-0.2, -0.15) is 0 Å². The van der Waals surface area contributed by atoms with E-state index in [4.69, 9.17) is 16.3 Å². The minimum absolute atomic E-state index is 0.0172. The Labute approximate surface area is 171 Å². The second-order valence-electron chi connectivity index (χ2n) is 6.91. The lowest BCUT2D eigenvalue weighted by molar-refractivity contribution is -0.133. The lowest BCUT2D eigenvalue weighted by Gasteiger charge is -2.18. The van der Waals surface area contributed by atoms with Crippen LogP contribution in [0.1, 0.15) is 29.5 Å². The lowest BCUT2D eigenvalue weighted by Crippen LogP contribution is -2.35. The summed E-state index contributed by atoms with van der Waals surface area (Å²) in [6.07, 6.45) is 0.893. The second kappa shape index (κ2) is 10.1. The standard InChI is InChI=1S/C22H27ClN2O3/c1-15-7-5-8-19(17(15)3)24-21(26)14-25(4)22(27)9-6-12-28-20-11-10-18(23)13-16(20)2/h5,7-8,10-11,13H,6,9,12,14H2,1-4H3,(H,24,26). The van der Waals surface area contributed by atoms with Gasteiger partial charge in [-0.15, -0.1) is 0 Å². The average Bonchev–Trinajstić information content (AvgIpc) is 2.63. The van der Waals surface area contributed by atoms with Gasteiger partial charge in [-0.1, -0.05) is 23.7 Å². The molecule has 0 aromatic heterocycles. The molecule has 0 aliphatic carbocycles. The molecule has 2 amide bonds. The van der Waals surface area contributed by atoms with E-state index in [2.05, 4.69) is 5.32 Å². The molecule has 0 atom stereocenters. The van der Waals surface area contributed by atoms with Crippen LogP contribution < -0.4 is 10.1 Å². The normalized spacial score (nSPS) is 10.5. The van der Waals surface area contributed by atoms with Crippen molar-refractivity contribution in [2.24, 2.45) is 0 Å². The van der Waals surface area contributed by atoms with E-state index in [1.165, 1.54) is 4.90 Å². The predicted molar refractivity (Wildman–Crippen MR) is 113 cm³/mol. The van der Waals surface area contributed by atoms with Crippen molar-refractivity contribution in [3.05, 3.63) is 58.1 Å². The van der Waals surface area contributed by atoms with E-state index in [9.17, 15) is 9.59 Å². The first kappa shape index (κ1) is 21.8. The van der Waals surface area contributed by atoms with Crippen LogP contribution in [0.15, 0.2) is 36.4 Å². The number of hydrogen-bond acceptors (Lipinski definition) is 3. The zero-order chi connectivity index (χ0) is 20.7. The third kappa shape index (κ3) is 6.27. The van der Waals surface area contributed by atoms with Crippen molar-refractivity contribution in [1.82, 2.24) is 4.90 Å². The second-order valence-corrected chi connectivity index (χ2v) is 7.34. The van der Waals surface area contributed by atoms with Gasteiger partial charge in [0.2, 0.25) is 11.8 Å². The maximum Gasteiger partial charge on any atom is 0.243 e. The molecular weight excluding hydrogens is 376 g/mol. The quantitative estimate of drug-likeness (QED) is 0.660. The summed E-state index contributed by atoms with van der Waals surface area (Å²) >= 11 is 5.93. The molecule has 2 aromatic carbocycles. The molecule has 28 heavy (non-hydrogen) atoms. The molecule has 0 aliphatic heterocycles. The van der Waals surface area contributed by atoms with E-state index in [0.29, 0.717) is 24.5 Å². The summed E-state index contributed by atoms with van der Waals surface area (Å²) < 4.78 is 5.70. The summed E-state index contributed by atoms with van der Waals surface area (Å²) in [6, 6.07) is 11.2. The van der Waals surface area contributed by atoms with E-state index < -0.39 is 0 Å². The van der Waals surface area contributed by atoms with Crippen molar-refractivity contribution in [2.45, 2.75) is 33.6 Å². The smallest absolute Gasteiger partial charge is 0.243 e. The molecule has 6 heteroatoms. The van der Waals surface area contributed by atoms with Crippen molar-refractivity contribution >= 4 is 29.1 Å². The summed E-state index contributed by atoms with van der Waals surface area (Å²) in [5.41, 5.74) is 3.87. The van der Waals surface area contributed by atoms with Crippen molar-refractivity contribution < 1.29 is 14.3 Å². The van der Waals surface area contributed by atoms with Gasteiger partial charge in [0.1, 0.15) is 5.75 Å². The minimum atomic E-state index is -0.211. The average molecular weight is 403 g/mol. The summed E-state index contributed by atoms with van der Waals surface area (Å²) in [4.78, 5) is 25.9. The Hall–Kier alpha value is -2.53. The van der Waals surface area contributed by atoms with Crippen molar-refractivity contribution in [3.63, 3.8) is 0 Å².